The highest BCUT2D eigenvalue weighted by Gasteiger charge is 2.16. The predicted octanol–water partition coefficient (Wildman–Crippen LogP) is 0.837. The number of hydrogen-bond acceptors (Lipinski definition) is 4. The molecule has 0 rings (SSSR count). The molecule has 0 spiro atoms. The summed E-state index contributed by atoms with van der Waals surface area (Å²) in [5.41, 5.74) is 4.66. The molecule has 0 aromatic carbocycles. The molecule has 0 atom stereocenters. The van der Waals surface area contributed by atoms with Gasteiger partial charge in [-0.15, -0.1) is 0 Å². The summed E-state index contributed by atoms with van der Waals surface area (Å²) in [4.78, 5) is 11.0. The molecule has 0 fully saturated rings. The van der Waals surface area contributed by atoms with Crippen molar-refractivity contribution < 1.29 is 9.53 Å². The summed E-state index contributed by atoms with van der Waals surface area (Å²) >= 11 is 0. The molecule has 0 aromatic rings. The second-order valence-corrected chi connectivity index (χ2v) is 3.64. The van der Waals surface area contributed by atoms with Gasteiger partial charge >= 0.3 is 6.09 Å². The molecule has 0 aliphatic heterocycles. The highest BCUT2D eigenvalue weighted by Crippen LogP contribution is 2.06. The smallest absolute Gasteiger partial charge is 0.413 e. The number of amides is 1. The van der Waals surface area contributed by atoms with E-state index in [1.165, 1.54) is 0 Å². The first-order valence-electron chi connectivity index (χ1n) is 4.12. The molecule has 0 bridgehead atoms. The zero-order valence-electron chi connectivity index (χ0n) is 8.31. The van der Waals surface area contributed by atoms with Crippen LogP contribution < -0.4 is 11.1 Å². The number of alkyl carbamates (subject to hydrolysis) is 1. The van der Waals surface area contributed by atoms with E-state index >= 15 is 0 Å². The zero-order valence-corrected chi connectivity index (χ0v) is 8.31. The van der Waals surface area contributed by atoms with E-state index in [-0.39, 0.29) is 5.84 Å². The zero-order chi connectivity index (χ0) is 10.5. The summed E-state index contributed by atoms with van der Waals surface area (Å²) in [5, 5.41) is 9.51. The lowest BCUT2D eigenvalue weighted by molar-refractivity contribution is 0.0562. The number of hydrogen-bond donors (Lipinski definition) is 3. The maximum Gasteiger partial charge on any atom is 0.413 e. The summed E-state index contributed by atoms with van der Waals surface area (Å²) in [7, 11) is 0. The summed E-state index contributed by atoms with van der Waals surface area (Å²) in [6, 6.07) is 0. The average Bonchev–Trinajstić information content (AvgIpc) is 1.81. The summed E-state index contributed by atoms with van der Waals surface area (Å²) in [6.45, 7) is 5.63. The van der Waals surface area contributed by atoms with E-state index in [4.69, 9.17) is 15.9 Å². The van der Waals surface area contributed by atoms with E-state index in [2.05, 4.69) is 5.32 Å². The molecule has 0 unspecified atom stereocenters. The normalized spacial score (nSPS) is 10.8. The van der Waals surface area contributed by atoms with Crippen LogP contribution in [0.3, 0.4) is 0 Å². The highest BCUT2D eigenvalue weighted by atomic mass is 16.6. The highest BCUT2D eigenvalue weighted by molar-refractivity contribution is 5.93. The number of carbonyl (C=O) groups is 1. The Morgan fingerprint density at radius 2 is 2.08 bits per heavy atom. The van der Waals surface area contributed by atoms with Crippen LogP contribution in [0.4, 0.5) is 4.79 Å². The van der Waals surface area contributed by atoms with Gasteiger partial charge in [-0.05, 0) is 27.3 Å². The molecule has 5 heteroatoms. The summed E-state index contributed by atoms with van der Waals surface area (Å²) in [5.74, 6) is 0.0803. The number of amidine groups is 1. The minimum Gasteiger partial charge on any atom is -0.444 e. The van der Waals surface area contributed by atoms with E-state index in [0.717, 1.165) is 0 Å². The Kier molecular flexibility index (Phi) is 4.40. The number of rotatable bonds is 2. The van der Waals surface area contributed by atoms with Gasteiger partial charge in [0.2, 0.25) is 0 Å². The van der Waals surface area contributed by atoms with E-state index in [9.17, 15) is 4.79 Å². The van der Waals surface area contributed by atoms with Crippen molar-refractivity contribution in [3.63, 3.8) is 0 Å². The van der Waals surface area contributed by atoms with Gasteiger partial charge in [-0.25, -0.2) is 4.79 Å². The van der Waals surface area contributed by atoms with Crippen molar-refractivity contribution in [2.45, 2.75) is 32.8 Å². The number of nitrogens with one attached hydrogen (secondary N) is 2. The minimum atomic E-state index is -0.606. The first kappa shape index (κ1) is 11.9. The van der Waals surface area contributed by atoms with Crippen LogP contribution in [-0.4, -0.2) is 24.1 Å². The van der Waals surface area contributed by atoms with Gasteiger partial charge in [0.25, 0.3) is 0 Å². The fourth-order valence-electron chi connectivity index (χ4n) is 0.634. The van der Waals surface area contributed by atoms with Gasteiger partial charge in [-0.1, -0.05) is 0 Å². The first-order chi connectivity index (χ1) is 5.85. The second kappa shape index (κ2) is 4.81. The van der Waals surface area contributed by atoms with E-state index < -0.39 is 11.7 Å². The van der Waals surface area contributed by atoms with Crippen LogP contribution in [0.15, 0.2) is 0 Å². The number of ether oxygens (including phenoxy) is 1. The lowest BCUT2D eigenvalue weighted by atomic mass is 10.2. The SMILES string of the molecule is CC(C)(C)OC(=O)NC(=N)CCN. The fraction of sp³-hybridized carbons (Fsp3) is 0.750. The molecule has 5 nitrogen and oxygen atoms in total. The maximum absolute atomic E-state index is 11.0. The third-order valence-corrected chi connectivity index (χ3v) is 1.05. The molecular formula is C8H17N3O2. The van der Waals surface area contributed by atoms with Crippen LogP contribution in [0, 0.1) is 5.41 Å². The van der Waals surface area contributed by atoms with Crippen molar-refractivity contribution in [2.75, 3.05) is 6.54 Å². The van der Waals surface area contributed by atoms with E-state index in [0.29, 0.717) is 13.0 Å². The van der Waals surface area contributed by atoms with Gasteiger partial charge in [0.1, 0.15) is 11.4 Å². The number of carbonyl (C=O) groups excluding carboxylic acids is 1. The Balaban J connectivity index is 3.82. The molecule has 0 heterocycles. The average molecular weight is 187 g/mol. The van der Waals surface area contributed by atoms with Crippen LogP contribution in [-0.2, 0) is 4.74 Å². The van der Waals surface area contributed by atoms with Crippen LogP contribution in [0.1, 0.15) is 27.2 Å². The monoisotopic (exact) mass is 187 g/mol. The Morgan fingerprint density at radius 3 is 2.46 bits per heavy atom. The molecule has 0 aliphatic rings. The Labute approximate surface area is 78.1 Å². The van der Waals surface area contributed by atoms with Gasteiger partial charge < -0.3 is 10.5 Å². The van der Waals surface area contributed by atoms with Crippen molar-refractivity contribution >= 4 is 11.9 Å². The molecule has 0 aliphatic carbocycles. The Hall–Kier alpha value is -1.10. The van der Waals surface area contributed by atoms with Gasteiger partial charge in [-0.3, -0.25) is 10.7 Å². The molecule has 0 radical (unpaired) electrons. The Bertz CT molecular complexity index is 196. The molecule has 4 N–H and O–H groups in total. The van der Waals surface area contributed by atoms with E-state index in [1.807, 2.05) is 0 Å². The van der Waals surface area contributed by atoms with Crippen molar-refractivity contribution in [3.8, 4) is 0 Å². The van der Waals surface area contributed by atoms with Crippen molar-refractivity contribution in [2.24, 2.45) is 5.73 Å². The minimum absolute atomic E-state index is 0.0803. The van der Waals surface area contributed by atoms with Gasteiger partial charge in [0.05, 0.1) is 0 Å². The molecule has 13 heavy (non-hydrogen) atoms. The second-order valence-electron chi connectivity index (χ2n) is 3.64. The van der Waals surface area contributed by atoms with E-state index in [1.54, 1.807) is 20.8 Å². The Morgan fingerprint density at radius 1 is 1.54 bits per heavy atom. The molecule has 0 saturated heterocycles. The predicted molar refractivity (Wildman–Crippen MR) is 50.8 cm³/mol. The van der Waals surface area contributed by atoms with Crippen LogP contribution in [0.2, 0.25) is 0 Å². The summed E-state index contributed by atoms with van der Waals surface area (Å²) < 4.78 is 4.92. The first-order valence-corrected chi connectivity index (χ1v) is 4.12. The van der Waals surface area contributed by atoms with Crippen LogP contribution >= 0.6 is 0 Å². The van der Waals surface area contributed by atoms with Crippen LogP contribution in [0.25, 0.3) is 0 Å². The molecule has 1 amide bonds. The number of nitrogens with two attached hydrogens (primary N) is 1. The molecule has 76 valence electrons. The standard InChI is InChI=1S/C8H17N3O2/c1-8(2,3)13-7(12)11-6(10)4-5-9/h4-5,9H2,1-3H3,(H2,10,11,12). The van der Waals surface area contributed by atoms with Gasteiger partial charge in [0.15, 0.2) is 0 Å². The lowest BCUT2D eigenvalue weighted by Gasteiger charge is -2.19. The van der Waals surface area contributed by atoms with Crippen molar-refractivity contribution in [3.05, 3.63) is 0 Å². The van der Waals surface area contributed by atoms with Crippen molar-refractivity contribution in [1.82, 2.24) is 5.32 Å². The largest absolute Gasteiger partial charge is 0.444 e. The van der Waals surface area contributed by atoms with Gasteiger partial charge in [-0.2, -0.15) is 0 Å². The van der Waals surface area contributed by atoms with Gasteiger partial charge in [0, 0.05) is 6.42 Å². The molecular weight excluding hydrogens is 170 g/mol. The quantitative estimate of drug-likeness (QED) is 0.442. The third kappa shape index (κ3) is 7.27. The van der Waals surface area contributed by atoms with Crippen molar-refractivity contribution in [1.29, 1.82) is 5.41 Å². The third-order valence-electron chi connectivity index (χ3n) is 1.05. The fourth-order valence-corrected chi connectivity index (χ4v) is 0.634. The molecule has 0 saturated carbocycles. The summed E-state index contributed by atoms with van der Waals surface area (Å²) in [6.07, 6.45) is -0.259. The topological polar surface area (TPSA) is 88.2 Å². The lowest BCUT2D eigenvalue weighted by Crippen LogP contribution is -2.36. The molecule has 0 aromatic heterocycles. The maximum atomic E-state index is 11.0. The van der Waals surface area contributed by atoms with Crippen LogP contribution in [0.5, 0.6) is 0 Å².